The van der Waals surface area contributed by atoms with E-state index in [1.807, 2.05) is 18.3 Å². The lowest BCUT2D eigenvalue weighted by molar-refractivity contribution is 0.127. The molecule has 3 unspecified atom stereocenters. The zero-order valence-electron chi connectivity index (χ0n) is 21.6. The smallest absolute Gasteiger partial charge is 0.101 e. The van der Waals surface area contributed by atoms with E-state index in [2.05, 4.69) is 61.8 Å². The van der Waals surface area contributed by atoms with E-state index in [9.17, 15) is 5.26 Å². The van der Waals surface area contributed by atoms with Crippen molar-refractivity contribution in [2.75, 3.05) is 55.6 Å². The zero-order chi connectivity index (χ0) is 25.4. The van der Waals surface area contributed by atoms with E-state index in [0.717, 1.165) is 81.8 Å². The molecule has 0 spiro atoms. The molecule has 0 aliphatic carbocycles. The number of aromatic nitrogens is 2. The summed E-state index contributed by atoms with van der Waals surface area (Å²) in [4.78, 5) is 19.4. The van der Waals surface area contributed by atoms with Crippen molar-refractivity contribution in [2.45, 2.75) is 44.4 Å². The molecule has 3 aliphatic heterocycles. The van der Waals surface area contributed by atoms with E-state index in [1.54, 1.807) is 6.20 Å². The molecule has 0 amide bonds. The number of anilines is 2. The summed E-state index contributed by atoms with van der Waals surface area (Å²) >= 11 is 0. The summed E-state index contributed by atoms with van der Waals surface area (Å²) in [6.07, 6.45) is 5.99. The summed E-state index contributed by atoms with van der Waals surface area (Å²) in [5.41, 5.74) is 11.0. The maximum atomic E-state index is 9.54. The molecule has 37 heavy (non-hydrogen) atoms. The lowest BCUT2D eigenvalue weighted by Crippen LogP contribution is -2.58. The number of hydrogen-bond donors (Lipinski definition) is 1. The lowest BCUT2D eigenvalue weighted by atomic mass is 10.0. The van der Waals surface area contributed by atoms with Gasteiger partial charge in [-0.1, -0.05) is 0 Å². The number of pyridine rings is 2. The van der Waals surface area contributed by atoms with Crippen LogP contribution in [0.25, 0.3) is 10.9 Å². The maximum Gasteiger partial charge on any atom is 0.101 e. The molecule has 0 bridgehead atoms. The molecule has 6 rings (SSSR count). The number of nitriles is 1. The molecule has 3 aromatic rings. The Morgan fingerprint density at radius 2 is 1.89 bits per heavy atom. The van der Waals surface area contributed by atoms with Gasteiger partial charge in [0, 0.05) is 87.8 Å². The Hall–Kier alpha value is -3.25. The fourth-order valence-electron chi connectivity index (χ4n) is 6.40. The van der Waals surface area contributed by atoms with Crippen LogP contribution in [-0.2, 0) is 6.54 Å². The number of nitrogens with zero attached hydrogens (tertiary/aromatic N) is 7. The number of nitrogens with two attached hydrogens (primary N) is 1. The van der Waals surface area contributed by atoms with Crippen LogP contribution < -0.4 is 15.5 Å². The molecular formula is C29H36N8. The summed E-state index contributed by atoms with van der Waals surface area (Å²) < 4.78 is 0. The van der Waals surface area contributed by atoms with Crippen LogP contribution in [-0.4, -0.2) is 83.7 Å². The van der Waals surface area contributed by atoms with Gasteiger partial charge < -0.3 is 15.5 Å². The van der Waals surface area contributed by atoms with E-state index >= 15 is 0 Å². The third-order valence-electron chi connectivity index (χ3n) is 8.40. The van der Waals surface area contributed by atoms with Gasteiger partial charge in [0.25, 0.3) is 0 Å². The van der Waals surface area contributed by atoms with Gasteiger partial charge in [-0.25, -0.2) is 0 Å². The first-order valence-corrected chi connectivity index (χ1v) is 13.6. The van der Waals surface area contributed by atoms with Gasteiger partial charge in [0.2, 0.25) is 0 Å². The highest BCUT2D eigenvalue weighted by atomic mass is 15.3. The van der Waals surface area contributed by atoms with E-state index in [4.69, 9.17) is 10.7 Å². The van der Waals surface area contributed by atoms with E-state index < -0.39 is 0 Å². The Bertz CT molecular complexity index is 1290. The summed E-state index contributed by atoms with van der Waals surface area (Å²) in [6.45, 7) is 10.4. The standard InChI is InChI=1S/C29H36N8/c1-21-17-36(28-7-4-22(15-30)29-27(28)3-2-10-32-29)20-26-9-11-34(13-14-37(21)26)19-24-5-6-25(16-33-24)35-12-8-23(31)18-35/h2-7,10,16,21,23,26H,8-9,11-14,17-20,31H2,1H3. The van der Waals surface area contributed by atoms with Crippen molar-refractivity contribution in [3.8, 4) is 6.07 Å². The quantitative estimate of drug-likeness (QED) is 0.590. The SMILES string of the molecule is CC1CN(c2ccc(C#N)c3ncccc23)CC2CCN(Cc3ccc(N4CCC(N)C4)cn3)CCN12. The predicted molar refractivity (Wildman–Crippen MR) is 148 cm³/mol. The summed E-state index contributed by atoms with van der Waals surface area (Å²) in [7, 11) is 0. The maximum absolute atomic E-state index is 9.54. The Labute approximate surface area is 219 Å². The minimum Gasteiger partial charge on any atom is -0.369 e. The number of hydrogen-bond acceptors (Lipinski definition) is 8. The minimum absolute atomic E-state index is 0.279. The Morgan fingerprint density at radius 1 is 0.973 bits per heavy atom. The first kappa shape index (κ1) is 24.1. The summed E-state index contributed by atoms with van der Waals surface area (Å²) in [5, 5.41) is 10.6. The molecule has 5 heterocycles. The van der Waals surface area contributed by atoms with Crippen LogP contribution >= 0.6 is 0 Å². The van der Waals surface area contributed by atoms with E-state index in [0.29, 0.717) is 17.6 Å². The molecule has 8 heteroatoms. The second kappa shape index (κ2) is 10.3. The van der Waals surface area contributed by atoms with Crippen molar-refractivity contribution in [3.05, 3.63) is 60.0 Å². The number of piperazine rings is 1. The Balaban J connectivity index is 1.13. The van der Waals surface area contributed by atoms with Crippen molar-refractivity contribution in [3.63, 3.8) is 0 Å². The molecule has 1 aromatic carbocycles. The van der Waals surface area contributed by atoms with Crippen LogP contribution in [0.15, 0.2) is 48.8 Å². The van der Waals surface area contributed by atoms with E-state index in [1.165, 1.54) is 11.4 Å². The lowest BCUT2D eigenvalue weighted by Gasteiger charge is -2.46. The molecule has 3 aliphatic rings. The predicted octanol–water partition coefficient (Wildman–Crippen LogP) is 2.82. The van der Waals surface area contributed by atoms with Gasteiger partial charge in [0.05, 0.1) is 28.7 Å². The molecule has 192 valence electrons. The molecule has 3 atom stereocenters. The summed E-state index contributed by atoms with van der Waals surface area (Å²) in [5.74, 6) is 0. The van der Waals surface area contributed by atoms with Crippen LogP contribution in [0.4, 0.5) is 11.4 Å². The normalized spacial score (nSPS) is 25.2. The van der Waals surface area contributed by atoms with Gasteiger partial charge in [0.15, 0.2) is 0 Å². The third-order valence-corrected chi connectivity index (χ3v) is 8.40. The molecule has 2 N–H and O–H groups in total. The monoisotopic (exact) mass is 496 g/mol. The van der Waals surface area contributed by atoms with Gasteiger partial charge >= 0.3 is 0 Å². The van der Waals surface area contributed by atoms with E-state index in [-0.39, 0.29) is 6.04 Å². The topological polar surface area (TPSA) is 88.5 Å². The number of fused-ring (bicyclic) bond motifs is 2. The van der Waals surface area contributed by atoms with Crippen LogP contribution in [0.2, 0.25) is 0 Å². The molecule has 2 aromatic heterocycles. The zero-order valence-corrected chi connectivity index (χ0v) is 21.6. The van der Waals surface area contributed by atoms with Crippen molar-refractivity contribution >= 4 is 22.3 Å². The summed E-state index contributed by atoms with van der Waals surface area (Å²) in [6, 6.07) is 16.0. The molecular weight excluding hydrogens is 460 g/mol. The second-order valence-corrected chi connectivity index (χ2v) is 10.9. The van der Waals surface area contributed by atoms with Crippen LogP contribution in [0, 0.1) is 11.3 Å². The average molecular weight is 497 g/mol. The molecule has 0 radical (unpaired) electrons. The highest BCUT2D eigenvalue weighted by molar-refractivity contribution is 5.95. The number of benzene rings is 1. The molecule has 3 saturated heterocycles. The number of rotatable bonds is 4. The van der Waals surface area contributed by atoms with Gasteiger partial charge in [-0.15, -0.1) is 0 Å². The van der Waals surface area contributed by atoms with Crippen molar-refractivity contribution in [2.24, 2.45) is 5.73 Å². The van der Waals surface area contributed by atoms with Gasteiger partial charge in [-0.3, -0.25) is 19.8 Å². The Kier molecular flexibility index (Phi) is 6.68. The van der Waals surface area contributed by atoms with Gasteiger partial charge in [-0.05, 0) is 56.2 Å². The first-order valence-electron chi connectivity index (χ1n) is 13.6. The molecule has 0 saturated carbocycles. The van der Waals surface area contributed by atoms with Gasteiger partial charge in [0.1, 0.15) is 6.07 Å². The molecule has 3 fully saturated rings. The van der Waals surface area contributed by atoms with Crippen LogP contribution in [0.3, 0.4) is 0 Å². The van der Waals surface area contributed by atoms with Crippen molar-refractivity contribution < 1.29 is 0 Å². The van der Waals surface area contributed by atoms with Crippen LogP contribution in [0.1, 0.15) is 31.0 Å². The third kappa shape index (κ3) is 4.87. The van der Waals surface area contributed by atoms with Crippen molar-refractivity contribution in [1.82, 2.24) is 19.8 Å². The largest absolute Gasteiger partial charge is 0.369 e. The fourth-order valence-corrected chi connectivity index (χ4v) is 6.40. The van der Waals surface area contributed by atoms with Gasteiger partial charge in [-0.2, -0.15) is 5.26 Å². The Morgan fingerprint density at radius 3 is 2.68 bits per heavy atom. The first-order chi connectivity index (χ1) is 18.1. The van der Waals surface area contributed by atoms with Crippen LogP contribution in [0.5, 0.6) is 0 Å². The van der Waals surface area contributed by atoms with Crippen molar-refractivity contribution in [1.29, 1.82) is 5.26 Å². The molecule has 8 nitrogen and oxygen atoms in total. The highest BCUT2D eigenvalue weighted by Gasteiger charge is 2.35. The average Bonchev–Trinajstić information content (AvgIpc) is 3.25. The fraction of sp³-hybridized carbons (Fsp3) is 0.483. The highest BCUT2D eigenvalue weighted by Crippen LogP contribution is 2.32. The minimum atomic E-state index is 0.279. The second-order valence-electron chi connectivity index (χ2n) is 10.9.